The summed E-state index contributed by atoms with van der Waals surface area (Å²) in [6, 6.07) is 11.8. The molecule has 0 bridgehead atoms. The highest BCUT2D eigenvalue weighted by molar-refractivity contribution is 14.1. The van der Waals surface area contributed by atoms with Gasteiger partial charge in [0.05, 0.1) is 11.1 Å². The molecule has 0 fully saturated rings. The van der Waals surface area contributed by atoms with Crippen molar-refractivity contribution in [3.63, 3.8) is 0 Å². The number of hydrogen-bond acceptors (Lipinski definition) is 3. The van der Waals surface area contributed by atoms with E-state index in [0.29, 0.717) is 26.3 Å². The fraction of sp³-hybridized carbons (Fsp3) is 0.200. The van der Waals surface area contributed by atoms with Crippen molar-refractivity contribution < 1.29 is 44.5 Å². The zero-order valence-electron chi connectivity index (χ0n) is 19.9. The molecule has 3 rings (SSSR count). The Kier molecular flexibility index (Phi) is 8.79. The van der Waals surface area contributed by atoms with E-state index in [1.165, 1.54) is 30.5 Å². The number of aryl methyl sites for hydroxylation is 1. The van der Waals surface area contributed by atoms with Crippen molar-refractivity contribution in [2.75, 3.05) is 16.9 Å². The molecule has 0 heterocycles. The van der Waals surface area contributed by atoms with Crippen LogP contribution < -0.4 is 10.6 Å². The van der Waals surface area contributed by atoms with E-state index in [0.717, 1.165) is 13.0 Å². The van der Waals surface area contributed by atoms with Crippen LogP contribution in [0.1, 0.15) is 31.8 Å². The van der Waals surface area contributed by atoms with E-state index in [9.17, 15) is 44.5 Å². The molecule has 3 aromatic rings. The lowest BCUT2D eigenvalue weighted by molar-refractivity contribution is -0.348. The standard InChI is InChI=1S/C25H18F7IN2O3S/c1-13-12-14(23(26,24(27,28)29)25(30,31)32)6-11-19(13)35-21(36)17-4-3-5-18(33)20(17)22(37)34-15-7-9-16(10-8-15)39(2)38/h3-12H,1-2H3,(H,34,37)(H,35,36). The number of halogens is 8. The third-order valence-corrected chi connectivity index (χ3v) is 7.42. The first-order valence-corrected chi connectivity index (χ1v) is 13.4. The lowest BCUT2D eigenvalue weighted by atomic mass is 9.92. The van der Waals surface area contributed by atoms with E-state index in [1.807, 2.05) is 22.6 Å². The van der Waals surface area contributed by atoms with E-state index in [4.69, 9.17) is 0 Å². The molecule has 0 radical (unpaired) electrons. The second kappa shape index (κ2) is 11.2. The van der Waals surface area contributed by atoms with Gasteiger partial charge in [0.25, 0.3) is 11.8 Å². The minimum Gasteiger partial charge on any atom is -0.322 e. The largest absolute Gasteiger partial charge is 0.435 e. The van der Waals surface area contributed by atoms with Crippen LogP contribution in [0.4, 0.5) is 42.1 Å². The van der Waals surface area contributed by atoms with Crippen LogP contribution in [0.15, 0.2) is 65.6 Å². The average molecular weight is 686 g/mol. The topological polar surface area (TPSA) is 75.3 Å². The van der Waals surface area contributed by atoms with Crippen LogP contribution >= 0.6 is 22.6 Å². The third kappa shape index (κ3) is 6.26. The van der Waals surface area contributed by atoms with Gasteiger partial charge in [-0.1, -0.05) is 18.2 Å². The maximum absolute atomic E-state index is 14.4. The monoisotopic (exact) mass is 686 g/mol. The van der Waals surface area contributed by atoms with Crippen molar-refractivity contribution in [3.05, 3.63) is 86.5 Å². The van der Waals surface area contributed by atoms with Gasteiger partial charge in [0, 0.05) is 42.5 Å². The van der Waals surface area contributed by atoms with Gasteiger partial charge in [-0.25, -0.2) is 4.39 Å². The molecule has 1 unspecified atom stereocenters. The fourth-order valence-electron chi connectivity index (χ4n) is 3.56. The summed E-state index contributed by atoms with van der Waals surface area (Å²) in [7, 11) is -1.24. The molecule has 0 aliphatic heterocycles. The summed E-state index contributed by atoms with van der Waals surface area (Å²) in [6.07, 6.45) is -11.1. The molecule has 0 saturated heterocycles. The molecule has 0 aliphatic carbocycles. The van der Waals surface area contributed by atoms with Gasteiger partial charge in [-0.05, 0) is 77.5 Å². The van der Waals surface area contributed by atoms with E-state index < -0.39 is 46.2 Å². The highest BCUT2D eigenvalue weighted by Crippen LogP contribution is 2.53. The number of anilines is 2. The van der Waals surface area contributed by atoms with Crippen LogP contribution in [-0.4, -0.2) is 34.6 Å². The molecule has 2 N–H and O–H groups in total. The average Bonchev–Trinajstić information content (AvgIpc) is 2.83. The minimum absolute atomic E-state index is 0.0510. The molecule has 0 aromatic heterocycles. The van der Waals surface area contributed by atoms with Gasteiger partial charge >= 0.3 is 18.0 Å². The number of benzene rings is 3. The highest BCUT2D eigenvalue weighted by Gasteiger charge is 2.73. The van der Waals surface area contributed by atoms with Crippen molar-refractivity contribution >= 4 is 56.6 Å². The van der Waals surface area contributed by atoms with Crippen molar-refractivity contribution in [2.45, 2.75) is 29.8 Å². The van der Waals surface area contributed by atoms with Gasteiger partial charge in [-0.15, -0.1) is 0 Å². The van der Waals surface area contributed by atoms with Crippen LogP contribution in [-0.2, 0) is 16.5 Å². The molecule has 39 heavy (non-hydrogen) atoms. The summed E-state index contributed by atoms with van der Waals surface area (Å²) in [5.41, 5.74) is -7.62. The summed E-state index contributed by atoms with van der Waals surface area (Å²) in [5.74, 6) is -1.57. The quantitative estimate of drug-likeness (QED) is 0.214. The second-order valence-electron chi connectivity index (χ2n) is 8.23. The van der Waals surface area contributed by atoms with Gasteiger partial charge in [0.15, 0.2) is 0 Å². The predicted molar refractivity (Wildman–Crippen MR) is 140 cm³/mol. The summed E-state index contributed by atoms with van der Waals surface area (Å²) in [4.78, 5) is 26.6. The Balaban J connectivity index is 1.91. The minimum atomic E-state index is -6.28. The molecular weight excluding hydrogens is 668 g/mol. The molecule has 0 saturated carbocycles. The van der Waals surface area contributed by atoms with Crippen molar-refractivity contribution in [2.24, 2.45) is 0 Å². The number of amides is 2. The normalized spacial score (nSPS) is 13.1. The van der Waals surface area contributed by atoms with Crippen LogP contribution in [0.3, 0.4) is 0 Å². The smallest absolute Gasteiger partial charge is 0.322 e. The molecule has 5 nitrogen and oxygen atoms in total. The summed E-state index contributed by atoms with van der Waals surface area (Å²) in [6.45, 7) is 1.10. The fourth-order valence-corrected chi connectivity index (χ4v) is 4.83. The zero-order valence-corrected chi connectivity index (χ0v) is 22.9. The first-order valence-electron chi connectivity index (χ1n) is 10.8. The highest BCUT2D eigenvalue weighted by atomic mass is 127. The number of carbonyl (C=O) groups excluding carboxylic acids is 2. The van der Waals surface area contributed by atoms with E-state index >= 15 is 0 Å². The van der Waals surface area contributed by atoms with E-state index in [1.54, 1.807) is 18.2 Å². The zero-order chi connectivity index (χ0) is 29.3. The maximum Gasteiger partial charge on any atom is 0.435 e. The van der Waals surface area contributed by atoms with Crippen LogP contribution in [0.5, 0.6) is 0 Å². The summed E-state index contributed by atoms with van der Waals surface area (Å²) < 4.78 is 105. The number of rotatable bonds is 6. The van der Waals surface area contributed by atoms with Crippen molar-refractivity contribution in [3.8, 4) is 0 Å². The Morgan fingerprint density at radius 3 is 1.92 bits per heavy atom. The van der Waals surface area contributed by atoms with Crippen molar-refractivity contribution in [1.29, 1.82) is 0 Å². The third-order valence-electron chi connectivity index (χ3n) is 5.58. The number of nitrogens with one attached hydrogen (secondary N) is 2. The van der Waals surface area contributed by atoms with Crippen LogP contribution in [0, 0.1) is 10.5 Å². The second-order valence-corrected chi connectivity index (χ2v) is 10.8. The lowest BCUT2D eigenvalue weighted by Gasteiger charge is -2.30. The Morgan fingerprint density at radius 1 is 0.821 bits per heavy atom. The lowest BCUT2D eigenvalue weighted by Crippen LogP contribution is -2.50. The molecule has 0 aliphatic rings. The Hall–Kier alpha value is -3.01. The first-order chi connectivity index (χ1) is 18.0. The molecular formula is C25H18F7IN2O3S. The summed E-state index contributed by atoms with van der Waals surface area (Å²) >= 11 is 1.82. The van der Waals surface area contributed by atoms with Gasteiger partial charge in [0.1, 0.15) is 0 Å². The predicted octanol–water partition coefficient (Wildman–Crippen LogP) is 7.13. The SMILES string of the molecule is Cc1cc(C(F)(C(F)(F)F)C(F)(F)F)ccc1NC(=O)c1cccc(I)c1C(=O)Nc1ccc(S(C)=O)cc1. The van der Waals surface area contributed by atoms with Crippen molar-refractivity contribution in [1.82, 2.24) is 0 Å². The molecule has 1 atom stereocenters. The van der Waals surface area contributed by atoms with Gasteiger partial charge in [-0.3, -0.25) is 13.8 Å². The number of hydrogen-bond donors (Lipinski definition) is 2. The first kappa shape index (κ1) is 30.5. The Morgan fingerprint density at radius 2 is 1.41 bits per heavy atom. The molecule has 14 heteroatoms. The van der Waals surface area contributed by atoms with Gasteiger partial charge in [0.2, 0.25) is 0 Å². The van der Waals surface area contributed by atoms with E-state index in [-0.39, 0.29) is 22.4 Å². The number of alkyl halides is 7. The van der Waals surface area contributed by atoms with E-state index in [2.05, 4.69) is 10.6 Å². The molecule has 0 spiro atoms. The van der Waals surface area contributed by atoms with Gasteiger partial charge < -0.3 is 10.6 Å². The number of carbonyl (C=O) groups is 2. The molecule has 3 aromatic carbocycles. The van der Waals surface area contributed by atoms with Crippen LogP contribution in [0.2, 0.25) is 0 Å². The van der Waals surface area contributed by atoms with Gasteiger partial charge in [-0.2, -0.15) is 26.3 Å². The Bertz CT molecular complexity index is 1430. The van der Waals surface area contributed by atoms with Crippen LogP contribution in [0.25, 0.3) is 0 Å². The Labute approximate surface area is 233 Å². The maximum atomic E-state index is 14.4. The molecule has 208 valence electrons. The summed E-state index contributed by atoms with van der Waals surface area (Å²) in [5, 5.41) is 4.96. The molecule has 2 amide bonds.